The highest BCUT2D eigenvalue weighted by Gasteiger charge is 2.43. The minimum atomic E-state index is -0.155. The molecule has 9 aromatic carbocycles. The molecule has 3 atom stereocenters. The van der Waals surface area contributed by atoms with Crippen LogP contribution < -0.4 is 0 Å². The first-order chi connectivity index (χ1) is 32.7. The van der Waals surface area contributed by atoms with Crippen molar-refractivity contribution in [1.29, 1.82) is 0 Å². The molecule has 5 heteroatoms. The van der Waals surface area contributed by atoms with Crippen LogP contribution in [0.15, 0.2) is 202 Å². The molecule has 0 radical (unpaired) electrons. The van der Waals surface area contributed by atoms with Gasteiger partial charge in [0, 0.05) is 65.0 Å². The third-order valence-electron chi connectivity index (χ3n) is 14.8. The Morgan fingerprint density at radius 1 is 0.576 bits per heavy atom. The van der Waals surface area contributed by atoms with Crippen molar-refractivity contribution in [3.8, 4) is 16.8 Å². The molecule has 5 heterocycles. The summed E-state index contributed by atoms with van der Waals surface area (Å²) in [7, 11) is 0. The zero-order chi connectivity index (χ0) is 43.0. The van der Waals surface area contributed by atoms with Crippen molar-refractivity contribution >= 4 is 104 Å². The van der Waals surface area contributed by atoms with E-state index in [2.05, 4.69) is 199 Å². The van der Waals surface area contributed by atoms with Crippen molar-refractivity contribution in [2.45, 2.75) is 24.8 Å². The summed E-state index contributed by atoms with van der Waals surface area (Å²) in [5.74, 6) is 0.919. The second-order valence-corrected chi connectivity index (χ2v) is 19.4. The van der Waals surface area contributed by atoms with E-state index < -0.39 is 0 Å². The molecule has 310 valence electrons. The first-order valence-corrected chi connectivity index (χ1v) is 23.9. The normalized spacial score (nSPS) is 17.8. The molecule has 0 bridgehead atoms. The molecule has 0 spiro atoms. The molecule has 3 unspecified atom stereocenters. The van der Waals surface area contributed by atoms with E-state index in [9.17, 15) is 0 Å². The van der Waals surface area contributed by atoms with Gasteiger partial charge in [0.2, 0.25) is 0 Å². The molecule has 1 aliphatic carbocycles. The Morgan fingerprint density at radius 2 is 1.29 bits per heavy atom. The second-order valence-electron chi connectivity index (χ2n) is 18.3. The number of hydrogen-bond acceptors (Lipinski definition) is 4. The topological polar surface area (TPSA) is 42.8 Å². The van der Waals surface area contributed by atoms with E-state index in [4.69, 9.17) is 14.4 Å². The summed E-state index contributed by atoms with van der Waals surface area (Å²) < 4.78 is 12.3. The molecule has 66 heavy (non-hydrogen) atoms. The first-order valence-electron chi connectivity index (χ1n) is 23.0. The van der Waals surface area contributed by atoms with Crippen LogP contribution in [0.2, 0.25) is 0 Å². The summed E-state index contributed by atoms with van der Waals surface area (Å²) in [5, 5.41) is 10.9. The highest BCUT2D eigenvalue weighted by molar-refractivity contribution is 7.26. The number of aromatic nitrogens is 1. The van der Waals surface area contributed by atoms with Crippen LogP contribution in [0.3, 0.4) is 0 Å². The quantitative estimate of drug-likeness (QED) is 0.174. The molecule has 12 aromatic rings. The number of fused-ring (bicyclic) bond motifs is 17. The maximum atomic E-state index is 7.26. The van der Waals surface area contributed by atoms with E-state index in [1.54, 1.807) is 0 Å². The van der Waals surface area contributed by atoms with Gasteiger partial charge in [-0.1, -0.05) is 146 Å². The highest BCUT2D eigenvalue weighted by Crippen LogP contribution is 2.52. The van der Waals surface area contributed by atoms with Gasteiger partial charge < -0.3 is 8.98 Å². The molecule has 0 saturated carbocycles. The molecule has 0 saturated heterocycles. The lowest BCUT2D eigenvalue weighted by Gasteiger charge is -2.29. The van der Waals surface area contributed by atoms with E-state index in [-0.39, 0.29) is 17.9 Å². The Bertz CT molecular complexity index is 4130. The van der Waals surface area contributed by atoms with Crippen molar-refractivity contribution in [3.05, 3.63) is 216 Å². The maximum absolute atomic E-state index is 7.26. The summed E-state index contributed by atoms with van der Waals surface area (Å²) in [6.45, 7) is 0. The fourth-order valence-electron chi connectivity index (χ4n) is 11.7. The summed E-state index contributed by atoms with van der Waals surface area (Å²) in [6.07, 6.45) is 6.48. The van der Waals surface area contributed by atoms with Crippen molar-refractivity contribution < 1.29 is 4.42 Å². The Labute approximate surface area is 384 Å². The number of aliphatic imine (C=N–C) groups is 2. The van der Waals surface area contributed by atoms with E-state index >= 15 is 0 Å². The minimum Gasteiger partial charge on any atom is -0.455 e. The van der Waals surface area contributed by atoms with Gasteiger partial charge in [-0.3, -0.25) is 4.99 Å². The van der Waals surface area contributed by atoms with Gasteiger partial charge in [-0.05, 0) is 99.6 Å². The molecular weight excluding hydrogens is 823 g/mol. The average molecular weight is 862 g/mol. The first kappa shape index (κ1) is 36.5. The fourth-order valence-corrected chi connectivity index (χ4v) is 12.9. The summed E-state index contributed by atoms with van der Waals surface area (Å²) in [6, 6.07) is 66.5. The fraction of sp³-hybridized carbons (Fsp3) is 0.0820. The SMILES string of the molecule is C1=Cc2c3n(c4cc5ccccc5cc24)-c2ccc4c(oc5cc6ccccc6cc54)c2C2=NC(c4cccc5c4sc4ccccc45)=NC(c4ccc(-c5ccccc5)cc4)CC2C3C1. The lowest BCUT2D eigenvalue weighted by Crippen LogP contribution is -2.25. The zero-order valence-electron chi connectivity index (χ0n) is 35.8. The number of furan rings is 1. The number of amidine groups is 1. The van der Waals surface area contributed by atoms with E-state index in [0.29, 0.717) is 0 Å². The zero-order valence-corrected chi connectivity index (χ0v) is 36.6. The van der Waals surface area contributed by atoms with E-state index in [1.807, 2.05) is 11.3 Å². The summed E-state index contributed by atoms with van der Waals surface area (Å²) in [5.41, 5.74) is 13.6. The van der Waals surface area contributed by atoms with E-state index in [0.717, 1.165) is 63.1 Å². The van der Waals surface area contributed by atoms with Crippen LogP contribution in [-0.4, -0.2) is 16.1 Å². The summed E-state index contributed by atoms with van der Waals surface area (Å²) >= 11 is 1.84. The second kappa shape index (κ2) is 13.8. The molecule has 0 fully saturated rings. The van der Waals surface area contributed by atoms with Gasteiger partial charge in [0.15, 0.2) is 5.84 Å². The van der Waals surface area contributed by atoms with Crippen molar-refractivity contribution in [1.82, 2.24) is 4.57 Å². The number of rotatable bonds is 3. The van der Waals surface area contributed by atoms with Crippen molar-refractivity contribution in [2.75, 3.05) is 0 Å². The predicted octanol–water partition coefficient (Wildman–Crippen LogP) is 16.4. The maximum Gasteiger partial charge on any atom is 0.156 e. The molecule has 0 N–H and O–H groups in total. The molecule has 3 aliphatic rings. The van der Waals surface area contributed by atoms with Gasteiger partial charge in [-0.15, -0.1) is 11.3 Å². The third kappa shape index (κ3) is 5.26. The van der Waals surface area contributed by atoms with Crippen LogP contribution in [0.1, 0.15) is 52.7 Å². The van der Waals surface area contributed by atoms with Crippen LogP contribution >= 0.6 is 11.3 Å². The lowest BCUT2D eigenvalue weighted by molar-refractivity contribution is 0.456. The number of benzene rings is 9. The number of hydrogen-bond donors (Lipinski definition) is 0. The smallest absolute Gasteiger partial charge is 0.156 e. The molecule has 3 aromatic heterocycles. The Balaban J connectivity index is 1.05. The molecule has 0 amide bonds. The number of nitrogens with zero attached hydrogens (tertiary/aromatic N) is 3. The Morgan fingerprint density at radius 3 is 2.12 bits per heavy atom. The van der Waals surface area contributed by atoms with Crippen LogP contribution in [0.5, 0.6) is 0 Å². The van der Waals surface area contributed by atoms with Crippen molar-refractivity contribution in [2.24, 2.45) is 15.9 Å². The predicted molar refractivity (Wildman–Crippen MR) is 277 cm³/mol. The van der Waals surface area contributed by atoms with Gasteiger partial charge in [-0.2, -0.15) is 0 Å². The van der Waals surface area contributed by atoms with Crippen LogP contribution in [0.4, 0.5) is 0 Å². The van der Waals surface area contributed by atoms with Gasteiger partial charge in [0.05, 0.1) is 28.5 Å². The number of thiophene rings is 1. The lowest BCUT2D eigenvalue weighted by atomic mass is 9.75. The summed E-state index contributed by atoms with van der Waals surface area (Å²) in [4.78, 5) is 11.9. The number of allylic oxidation sites excluding steroid dienone is 1. The van der Waals surface area contributed by atoms with Gasteiger partial charge in [-0.25, -0.2) is 4.99 Å². The highest BCUT2D eigenvalue weighted by atomic mass is 32.1. The third-order valence-corrected chi connectivity index (χ3v) is 16.0. The van der Waals surface area contributed by atoms with Gasteiger partial charge in [0.25, 0.3) is 0 Å². The molecule has 2 aliphatic heterocycles. The average Bonchev–Trinajstić information content (AvgIpc) is 3.96. The van der Waals surface area contributed by atoms with Crippen LogP contribution in [0.25, 0.3) is 97.4 Å². The molecule has 4 nitrogen and oxygen atoms in total. The standard InChI is InChI=1S/C61H39N3OS/c1-2-12-35(13-3-1)36-24-26-37(27-25-36)51-34-50-44-20-10-19-43-48-30-38-14-4-6-16-40(38)32-53(48)64(58(43)44)52-29-28-45-49-31-39-15-5-7-17-41(39)33-54(49)65-59(45)56(52)57(50)63-61(62-51)47-22-11-21-46-42-18-8-9-23-55(42)66-60(46)47/h1-19,21-33,44,50-51H,20,34H2. The Kier molecular flexibility index (Phi) is 7.64. The Hall–Kier alpha value is -7.86. The largest absolute Gasteiger partial charge is 0.455 e. The van der Waals surface area contributed by atoms with Gasteiger partial charge >= 0.3 is 0 Å². The monoisotopic (exact) mass is 861 g/mol. The van der Waals surface area contributed by atoms with E-state index in [1.165, 1.54) is 80.6 Å². The van der Waals surface area contributed by atoms with Crippen LogP contribution in [0, 0.1) is 5.92 Å². The molecular formula is C61H39N3OS. The minimum absolute atomic E-state index is 0.00646. The van der Waals surface area contributed by atoms with Gasteiger partial charge in [0.1, 0.15) is 11.2 Å². The molecule has 15 rings (SSSR count). The van der Waals surface area contributed by atoms with Crippen molar-refractivity contribution in [3.63, 3.8) is 0 Å². The van der Waals surface area contributed by atoms with Crippen LogP contribution in [-0.2, 0) is 0 Å².